The lowest BCUT2D eigenvalue weighted by molar-refractivity contribution is 0.0680. The molecular weight excluding hydrogens is 280 g/mol. The number of anilines is 1. The number of nitrogens with zero attached hydrogens (tertiary/aromatic N) is 4. The summed E-state index contributed by atoms with van der Waals surface area (Å²) in [6.45, 7) is 0. The summed E-state index contributed by atoms with van der Waals surface area (Å²) in [6.07, 6.45) is 2.37. The lowest BCUT2D eigenvalue weighted by Gasteiger charge is -2.05. The molecule has 21 heavy (non-hydrogen) atoms. The van der Waals surface area contributed by atoms with E-state index in [1.165, 1.54) is 25.0 Å². The molecule has 110 valence electrons. The summed E-state index contributed by atoms with van der Waals surface area (Å²) in [6, 6.07) is 0. The Morgan fingerprint density at radius 1 is 1.14 bits per heavy atom. The van der Waals surface area contributed by atoms with Crippen molar-refractivity contribution in [2.24, 2.45) is 19.8 Å². The zero-order valence-electron chi connectivity index (χ0n) is 11.2. The second-order valence-corrected chi connectivity index (χ2v) is 4.18. The lowest BCUT2D eigenvalue weighted by atomic mass is 10.2. The van der Waals surface area contributed by atoms with Crippen molar-refractivity contribution in [3.05, 3.63) is 29.3 Å². The number of hydrogen-bond acceptors (Lipinski definition) is 5. The molecular formula is C11H12N6O4. The second kappa shape index (κ2) is 5.07. The van der Waals surface area contributed by atoms with Gasteiger partial charge in [-0.15, -0.1) is 0 Å². The zero-order chi connectivity index (χ0) is 15.7. The number of hydrogen-bond donors (Lipinski definition) is 3. The maximum atomic E-state index is 12.1. The summed E-state index contributed by atoms with van der Waals surface area (Å²) in [5, 5.41) is 19.0. The maximum Gasteiger partial charge on any atom is 0.354 e. The van der Waals surface area contributed by atoms with E-state index in [4.69, 9.17) is 10.8 Å². The van der Waals surface area contributed by atoms with E-state index in [-0.39, 0.29) is 22.6 Å². The van der Waals surface area contributed by atoms with Crippen molar-refractivity contribution in [1.82, 2.24) is 19.6 Å². The van der Waals surface area contributed by atoms with Crippen molar-refractivity contribution >= 4 is 23.5 Å². The monoisotopic (exact) mass is 292 g/mol. The van der Waals surface area contributed by atoms with Crippen LogP contribution in [0.1, 0.15) is 31.3 Å². The fourth-order valence-electron chi connectivity index (χ4n) is 1.87. The van der Waals surface area contributed by atoms with Crippen LogP contribution in [0.5, 0.6) is 0 Å². The molecule has 2 amide bonds. The third-order valence-electron chi connectivity index (χ3n) is 2.81. The third-order valence-corrected chi connectivity index (χ3v) is 2.81. The third kappa shape index (κ3) is 2.45. The molecule has 0 unspecified atom stereocenters. The van der Waals surface area contributed by atoms with Crippen LogP contribution in [0.2, 0.25) is 0 Å². The standard InChI is InChI=1S/C11H12N6O4/c1-16-7(11(20)21)5(3-13-16)10(19)15-6-4-14-17(2)8(6)9(12)18/h3-4H,1-2H3,(H2,12,18)(H,15,19)(H,20,21). The van der Waals surface area contributed by atoms with Gasteiger partial charge in [-0.05, 0) is 0 Å². The van der Waals surface area contributed by atoms with E-state index in [9.17, 15) is 14.4 Å². The molecule has 2 aromatic rings. The number of carboxylic acids is 1. The van der Waals surface area contributed by atoms with Crippen LogP contribution < -0.4 is 11.1 Å². The normalized spacial score (nSPS) is 10.4. The smallest absolute Gasteiger partial charge is 0.354 e. The molecule has 0 fully saturated rings. The van der Waals surface area contributed by atoms with E-state index < -0.39 is 17.8 Å². The first-order valence-corrected chi connectivity index (χ1v) is 5.71. The predicted molar refractivity (Wildman–Crippen MR) is 69.8 cm³/mol. The molecule has 0 aliphatic heterocycles. The van der Waals surface area contributed by atoms with Crippen LogP contribution in [-0.2, 0) is 14.1 Å². The minimum atomic E-state index is -1.29. The maximum absolute atomic E-state index is 12.1. The number of amides is 2. The van der Waals surface area contributed by atoms with E-state index in [0.29, 0.717) is 0 Å². The number of carbonyl (C=O) groups is 3. The van der Waals surface area contributed by atoms with Gasteiger partial charge in [-0.3, -0.25) is 19.0 Å². The van der Waals surface area contributed by atoms with Gasteiger partial charge >= 0.3 is 5.97 Å². The van der Waals surface area contributed by atoms with Gasteiger partial charge in [0.25, 0.3) is 11.8 Å². The van der Waals surface area contributed by atoms with Gasteiger partial charge < -0.3 is 16.2 Å². The van der Waals surface area contributed by atoms with Crippen LogP contribution in [0.4, 0.5) is 5.69 Å². The summed E-state index contributed by atoms with van der Waals surface area (Å²) in [7, 11) is 2.89. The molecule has 0 saturated heterocycles. The van der Waals surface area contributed by atoms with Crippen molar-refractivity contribution in [2.75, 3.05) is 5.32 Å². The van der Waals surface area contributed by atoms with E-state index in [1.54, 1.807) is 0 Å². The van der Waals surface area contributed by atoms with Gasteiger partial charge in [0.05, 0.1) is 23.6 Å². The molecule has 0 spiro atoms. The molecule has 0 aliphatic rings. The Kier molecular flexibility index (Phi) is 3.44. The first-order chi connectivity index (χ1) is 9.82. The van der Waals surface area contributed by atoms with Crippen LogP contribution in [0.25, 0.3) is 0 Å². The Labute approximate surface area is 118 Å². The lowest BCUT2D eigenvalue weighted by Crippen LogP contribution is -2.21. The summed E-state index contributed by atoms with van der Waals surface area (Å²) in [4.78, 5) is 34.5. The number of primary amides is 1. The molecule has 0 radical (unpaired) electrons. The van der Waals surface area contributed by atoms with Crippen LogP contribution in [0.15, 0.2) is 12.4 Å². The van der Waals surface area contributed by atoms with Crippen LogP contribution in [-0.4, -0.2) is 42.5 Å². The van der Waals surface area contributed by atoms with Gasteiger partial charge in [0, 0.05) is 14.1 Å². The van der Waals surface area contributed by atoms with Crippen molar-refractivity contribution in [1.29, 1.82) is 0 Å². The first kappa shape index (κ1) is 14.2. The topological polar surface area (TPSA) is 145 Å². The Morgan fingerprint density at radius 2 is 1.71 bits per heavy atom. The highest BCUT2D eigenvalue weighted by atomic mass is 16.4. The van der Waals surface area contributed by atoms with Crippen molar-refractivity contribution in [3.8, 4) is 0 Å². The summed E-state index contributed by atoms with van der Waals surface area (Å²) in [5.74, 6) is -2.78. The molecule has 4 N–H and O–H groups in total. The van der Waals surface area contributed by atoms with Crippen LogP contribution in [0, 0.1) is 0 Å². The van der Waals surface area contributed by atoms with Gasteiger partial charge in [0.15, 0.2) is 5.69 Å². The number of aromatic carboxylic acids is 1. The average Bonchev–Trinajstić information content (AvgIpc) is 2.92. The van der Waals surface area contributed by atoms with Crippen molar-refractivity contribution in [2.45, 2.75) is 0 Å². The van der Waals surface area contributed by atoms with Crippen molar-refractivity contribution < 1.29 is 19.5 Å². The minimum absolute atomic E-state index is 0.00381. The van der Waals surface area contributed by atoms with E-state index in [1.807, 2.05) is 0 Å². The Morgan fingerprint density at radius 3 is 2.29 bits per heavy atom. The molecule has 2 aromatic heterocycles. The molecule has 2 heterocycles. The average molecular weight is 292 g/mol. The van der Waals surface area contributed by atoms with Gasteiger partial charge in [0.2, 0.25) is 0 Å². The predicted octanol–water partition coefficient (Wildman–Crippen LogP) is -0.797. The molecule has 10 heteroatoms. The molecule has 10 nitrogen and oxygen atoms in total. The number of carboxylic acid groups (broad SMARTS) is 1. The highest BCUT2D eigenvalue weighted by Crippen LogP contribution is 2.16. The first-order valence-electron chi connectivity index (χ1n) is 5.71. The number of nitrogens with one attached hydrogen (secondary N) is 1. The number of carbonyl (C=O) groups excluding carboxylic acids is 2. The van der Waals surface area contributed by atoms with E-state index in [0.717, 1.165) is 10.9 Å². The van der Waals surface area contributed by atoms with Crippen LogP contribution in [0.3, 0.4) is 0 Å². The minimum Gasteiger partial charge on any atom is -0.477 e. The van der Waals surface area contributed by atoms with Gasteiger partial charge in [-0.2, -0.15) is 10.2 Å². The van der Waals surface area contributed by atoms with Gasteiger partial charge in [-0.25, -0.2) is 4.79 Å². The van der Waals surface area contributed by atoms with E-state index in [2.05, 4.69) is 15.5 Å². The Bertz CT molecular complexity index is 744. The summed E-state index contributed by atoms with van der Waals surface area (Å²) in [5.41, 5.74) is 4.89. The fourth-order valence-corrected chi connectivity index (χ4v) is 1.87. The number of nitrogens with two attached hydrogens (primary N) is 1. The summed E-state index contributed by atoms with van der Waals surface area (Å²) >= 11 is 0. The number of rotatable bonds is 4. The number of aryl methyl sites for hydroxylation is 2. The quantitative estimate of drug-likeness (QED) is 0.672. The number of aromatic nitrogens is 4. The molecule has 0 bridgehead atoms. The molecule has 0 atom stereocenters. The second-order valence-electron chi connectivity index (χ2n) is 4.18. The SMILES string of the molecule is Cn1ncc(NC(=O)c2cnn(C)c2C(=O)O)c1C(N)=O. The van der Waals surface area contributed by atoms with Gasteiger partial charge in [-0.1, -0.05) is 0 Å². The van der Waals surface area contributed by atoms with Gasteiger partial charge in [0.1, 0.15) is 5.69 Å². The molecule has 0 saturated carbocycles. The zero-order valence-corrected chi connectivity index (χ0v) is 11.2. The molecule has 0 aromatic carbocycles. The van der Waals surface area contributed by atoms with Crippen molar-refractivity contribution in [3.63, 3.8) is 0 Å². The Hall–Kier alpha value is -3.17. The largest absolute Gasteiger partial charge is 0.477 e. The highest BCUT2D eigenvalue weighted by Gasteiger charge is 2.23. The fraction of sp³-hybridized carbons (Fsp3) is 0.182. The Balaban J connectivity index is 2.36. The highest BCUT2D eigenvalue weighted by molar-refractivity contribution is 6.11. The molecule has 2 rings (SSSR count). The van der Waals surface area contributed by atoms with Crippen LogP contribution >= 0.6 is 0 Å². The van der Waals surface area contributed by atoms with E-state index >= 15 is 0 Å². The molecule has 0 aliphatic carbocycles. The summed E-state index contributed by atoms with van der Waals surface area (Å²) < 4.78 is 2.27.